The van der Waals surface area contributed by atoms with Crippen molar-refractivity contribution in [2.45, 2.75) is 95.5 Å². The molecule has 1 N–H and O–H groups in total. The van der Waals surface area contributed by atoms with Gasteiger partial charge in [-0.15, -0.1) is 0 Å². The molecular weight excluding hydrogens is 471 g/mol. The minimum atomic E-state index is -4.65. The van der Waals surface area contributed by atoms with E-state index in [4.69, 9.17) is 0 Å². The van der Waals surface area contributed by atoms with E-state index in [0.717, 1.165) is 24.1 Å². The fourth-order valence-electron chi connectivity index (χ4n) is 4.81. The number of benzene rings is 2. The number of unbranched alkanes of at least 4 members (excludes halogenated alkanes) is 10. The molecule has 2 aromatic carbocycles. The third-order valence-electron chi connectivity index (χ3n) is 6.68. The molecule has 0 amide bonds. The van der Waals surface area contributed by atoms with Gasteiger partial charge in [0, 0.05) is 13.0 Å². The second-order valence-corrected chi connectivity index (χ2v) is 10.8. The molecule has 1 aliphatic heterocycles. The maximum absolute atomic E-state index is 12.7. The summed E-state index contributed by atoms with van der Waals surface area (Å²) in [7, 11) is -4.65. The molecular formula is C27H39KN2O3S. The third kappa shape index (κ3) is 8.05. The molecule has 34 heavy (non-hydrogen) atoms. The smallest absolute Gasteiger partial charge is 0.745 e. The number of nitrogens with zero attached hydrogens (tertiary/aromatic N) is 1. The number of fused-ring (bicyclic) bond motifs is 1. The van der Waals surface area contributed by atoms with Crippen LogP contribution >= 0.6 is 0 Å². The molecule has 0 radical (unpaired) electrons. The minimum absolute atomic E-state index is 0. The SMILES string of the molecule is CCCCCCCCCCCCCC1(S(=O)(=O)[O-])Nc2ccccc2N1Cc1ccccc1.[K+]. The molecule has 2 aromatic rings. The van der Waals surface area contributed by atoms with Gasteiger partial charge >= 0.3 is 51.4 Å². The summed E-state index contributed by atoms with van der Waals surface area (Å²) in [6.45, 7) is 2.60. The van der Waals surface area contributed by atoms with Crippen LogP contribution in [-0.4, -0.2) is 18.0 Å². The first-order valence-corrected chi connectivity index (χ1v) is 14.0. The summed E-state index contributed by atoms with van der Waals surface area (Å²) in [5.74, 6) is 0. The molecule has 1 aliphatic rings. The Morgan fingerprint density at radius 2 is 1.32 bits per heavy atom. The summed E-state index contributed by atoms with van der Waals surface area (Å²) >= 11 is 0. The predicted octanol–water partition coefficient (Wildman–Crippen LogP) is 4.02. The van der Waals surface area contributed by atoms with Gasteiger partial charge < -0.3 is 14.8 Å². The van der Waals surface area contributed by atoms with Gasteiger partial charge in [0.2, 0.25) is 4.99 Å². The molecule has 1 heterocycles. The van der Waals surface area contributed by atoms with Crippen LogP contribution in [-0.2, 0) is 16.7 Å². The molecule has 0 fully saturated rings. The first kappa shape index (κ1) is 29.8. The van der Waals surface area contributed by atoms with Gasteiger partial charge in [-0.05, 0) is 24.1 Å². The van der Waals surface area contributed by atoms with Crippen molar-refractivity contribution in [2.75, 3.05) is 10.2 Å². The van der Waals surface area contributed by atoms with Crippen LogP contribution in [0.15, 0.2) is 54.6 Å². The van der Waals surface area contributed by atoms with Crippen LogP contribution in [0.1, 0.15) is 89.5 Å². The van der Waals surface area contributed by atoms with Crippen molar-refractivity contribution < 1.29 is 64.4 Å². The van der Waals surface area contributed by atoms with E-state index < -0.39 is 15.1 Å². The van der Waals surface area contributed by atoms with Crippen molar-refractivity contribution in [2.24, 2.45) is 0 Å². The van der Waals surface area contributed by atoms with Crippen molar-refractivity contribution in [3.8, 4) is 0 Å². The molecule has 5 nitrogen and oxygen atoms in total. The average molecular weight is 511 g/mol. The van der Waals surface area contributed by atoms with Gasteiger partial charge in [0.15, 0.2) is 0 Å². The van der Waals surface area contributed by atoms with E-state index in [1.165, 1.54) is 51.4 Å². The maximum atomic E-state index is 12.7. The maximum Gasteiger partial charge on any atom is 1.00 e. The van der Waals surface area contributed by atoms with Crippen molar-refractivity contribution in [1.29, 1.82) is 0 Å². The zero-order valence-corrected chi connectivity index (χ0v) is 24.9. The van der Waals surface area contributed by atoms with Crippen LogP contribution in [0, 0.1) is 0 Å². The topological polar surface area (TPSA) is 72.5 Å². The molecule has 0 spiro atoms. The second kappa shape index (κ2) is 15.0. The Bertz CT molecular complexity index is 955. The molecule has 3 rings (SSSR count). The molecule has 0 aromatic heterocycles. The van der Waals surface area contributed by atoms with E-state index in [1.54, 1.807) is 4.90 Å². The molecule has 0 aliphatic carbocycles. The van der Waals surface area contributed by atoms with Gasteiger partial charge in [-0.25, -0.2) is 8.42 Å². The number of anilines is 2. The van der Waals surface area contributed by atoms with E-state index in [0.29, 0.717) is 18.7 Å². The van der Waals surface area contributed by atoms with E-state index >= 15 is 0 Å². The Morgan fingerprint density at radius 1 is 0.794 bits per heavy atom. The number of hydrogen-bond acceptors (Lipinski definition) is 5. The van der Waals surface area contributed by atoms with Gasteiger partial charge in [0.05, 0.1) is 11.4 Å². The van der Waals surface area contributed by atoms with Crippen molar-refractivity contribution >= 4 is 21.5 Å². The summed E-state index contributed by atoms with van der Waals surface area (Å²) in [6.07, 6.45) is 13.3. The average Bonchev–Trinajstić information content (AvgIpc) is 3.12. The summed E-state index contributed by atoms with van der Waals surface area (Å²) in [4.78, 5) is 0.113. The quantitative estimate of drug-likeness (QED) is 0.223. The molecule has 0 saturated carbocycles. The number of rotatable bonds is 15. The van der Waals surface area contributed by atoms with E-state index in [9.17, 15) is 13.0 Å². The summed E-state index contributed by atoms with van der Waals surface area (Å²) in [5, 5.41) is 3.12. The van der Waals surface area contributed by atoms with E-state index in [-0.39, 0.29) is 57.8 Å². The van der Waals surface area contributed by atoms with Crippen molar-refractivity contribution in [3.05, 3.63) is 60.2 Å². The molecule has 1 atom stereocenters. The monoisotopic (exact) mass is 510 g/mol. The third-order valence-corrected chi connectivity index (χ3v) is 8.03. The van der Waals surface area contributed by atoms with Crippen LogP contribution in [0.4, 0.5) is 11.4 Å². The van der Waals surface area contributed by atoms with Gasteiger partial charge in [0.1, 0.15) is 10.1 Å². The van der Waals surface area contributed by atoms with Gasteiger partial charge in [-0.2, -0.15) is 0 Å². The van der Waals surface area contributed by atoms with Crippen LogP contribution in [0.25, 0.3) is 0 Å². The zero-order valence-electron chi connectivity index (χ0n) is 21.0. The Hall–Kier alpha value is -0.414. The molecule has 0 bridgehead atoms. The summed E-state index contributed by atoms with van der Waals surface area (Å²) < 4.78 is 38.0. The fraction of sp³-hybridized carbons (Fsp3) is 0.556. The first-order valence-electron chi connectivity index (χ1n) is 12.6. The Balaban J connectivity index is 0.00000408. The summed E-state index contributed by atoms with van der Waals surface area (Å²) in [6, 6.07) is 17.2. The van der Waals surface area contributed by atoms with Crippen LogP contribution in [0.3, 0.4) is 0 Å². The van der Waals surface area contributed by atoms with Crippen molar-refractivity contribution in [3.63, 3.8) is 0 Å². The minimum Gasteiger partial charge on any atom is -0.745 e. The fourth-order valence-corrected chi connectivity index (χ4v) is 5.88. The predicted molar refractivity (Wildman–Crippen MR) is 136 cm³/mol. The molecule has 7 heteroatoms. The van der Waals surface area contributed by atoms with E-state index in [1.807, 2.05) is 54.6 Å². The number of nitrogens with one attached hydrogen (secondary N) is 1. The summed E-state index contributed by atoms with van der Waals surface area (Å²) in [5.41, 5.74) is 2.45. The first-order chi connectivity index (χ1) is 16.0. The van der Waals surface area contributed by atoms with Gasteiger partial charge in [-0.1, -0.05) is 114 Å². The normalized spacial score (nSPS) is 17.2. The second-order valence-electron chi connectivity index (χ2n) is 9.24. The van der Waals surface area contributed by atoms with Crippen LogP contribution in [0.5, 0.6) is 0 Å². The number of hydrogen-bond donors (Lipinski definition) is 1. The molecule has 1 unspecified atom stereocenters. The van der Waals surface area contributed by atoms with Gasteiger partial charge in [0.25, 0.3) is 0 Å². The largest absolute Gasteiger partial charge is 1.00 e. The zero-order chi connectivity index (χ0) is 23.6. The van der Waals surface area contributed by atoms with E-state index in [2.05, 4.69) is 12.2 Å². The molecule has 182 valence electrons. The van der Waals surface area contributed by atoms with Crippen molar-refractivity contribution in [1.82, 2.24) is 0 Å². The Labute approximate surface area is 249 Å². The Morgan fingerprint density at radius 3 is 1.91 bits per heavy atom. The van der Waals surface area contributed by atoms with Crippen LogP contribution in [0.2, 0.25) is 0 Å². The molecule has 0 saturated heterocycles. The standard InChI is InChI=1S/C27H40N2O3S.K/c1-2-3-4-5-6-7-8-9-10-11-17-22-27(33(30,31)32)28-25-20-15-16-21-26(25)29(27)23-24-18-13-12-14-19-24;/h12-16,18-21,28H,2-11,17,22-23H2,1H3,(H,30,31,32);/q;+1/p-1. The van der Waals surface area contributed by atoms with Crippen LogP contribution < -0.4 is 61.6 Å². The Kier molecular flexibility index (Phi) is 13.1. The van der Waals surface area contributed by atoms with Gasteiger partial charge in [-0.3, -0.25) is 0 Å². The number of para-hydroxylation sites is 2.